The highest BCUT2D eigenvalue weighted by Crippen LogP contribution is 1.67. The van der Waals surface area contributed by atoms with Crippen LogP contribution in [0.3, 0.4) is 0 Å². The zero-order valence-electron chi connectivity index (χ0n) is 45.1. The second-order valence-corrected chi connectivity index (χ2v) is 590. The van der Waals surface area contributed by atoms with Crippen LogP contribution in [0.2, 0.25) is 0 Å². The van der Waals surface area contributed by atoms with Crippen LogP contribution in [-0.4, -0.2) is 541 Å². The Kier molecular flexibility index (Phi) is 92.1. The van der Waals surface area contributed by atoms with Crippen molar-refractivity contribution in [1.82, 2.24) is 0 Å². The van der Waals surface area contributed by atoms with Crippen molar-refractivity contribution < 1.29 is 0 Å². The Morgan fingerprint density at radius 1 is 0.0794 bits per heavy atom. The van der Waals surface area contributed by atoms with Gasteiger partial charge in [0.05, 0.1) is 0 Å². The van der Waals surface area contributed by atoms with Crippen LogP contribution >= 0.6 is 0 Å². The minimum atomic E-state index is 0.819. The summed E-state index contributed by atoms with van der Waals surface area (Å²) in [6, 6.07) is 0. The topological polar surface area (TPSA) is 0 Å². The van der Waals surface area contributed by atoms with Crippen LogP contribution in [0.25, 0.3) is 0 Å². The summed E-state index contributed by atoms with van der Waals surface area (Å²) in [6.07, 6.45) is 0. The second kappa shape index (κ2) is 75.7. The van der Waals surface area contributed by atoms with Crippen molar-refractivity contribution in [1.29, 1.82) is 0 Å². The molecule has 0 spiro atoms. The molecule has 63 heteroatoms. The molecular weight excluding hydrogens is 1770 g/mol. The molecule has 0 heterocycles. The lowest BCUT2D eigenvalue weighted by Gasteiger charge is -2.01. The molecule has 0 nitrogen and oxygen atoms in total. The fourth-order valence-electron chi connectivity index (χ4n) is 10.6. The first-order valence-electron chi connectivity index (χ1n) is 31.4. The van der Waals surface area contributed by atoms with E-state index in [4.69, 9.17) is 0 Å². The summed E-state index contributed by atoms with van der Waals surface area (Å²) < 4.78 is 0. The van der Waals surface area contributed by atoms with Gasteiger partial charge in [-0.25, -0.2) is 0 Å². The molecule has 0 aromatic heterocycles. The molecule has 0 fully saturated rings. The molecule has 0 aliphatic heterocycles. The Morgan fingerprint density at radius 2 is 0.127 bits per heavy atom. The SMILES string of the molecule is [SiH3][SiH2][SiH2][SiH2][SiH2][SiH2][SiH2][SiH2][SiH2][SiH2][SiH2][SiH2][SiH2][SiH2][SiH2][SiH2][SiH2][SiH2][SiH2][SiH2][SiH2][SiH2][SiH2][SiH2][SiH2][SiH2][SiH2][SiH2][SiH2][SiH2][SiH2][SiH2][SiH2][SiH2][SiH2][SiH2][SiH2][SiH2][SiH2][SiH2][SiH2][SiH2][SiH2][SiH2][SiH2][SiH2][SiH2][SiH2][SiH2][SiH2][SiH2][SiH2][SiH2][SiH2][SiH2][SiH2][SiH2][SiH2][SiH2][SiH2][SiH2][SiH2][SiH3]. The van der Waals surface area contributed by atoms with Crippen LogP contribution in [0, 0.1) is 0 Å². The molecule has 0 aliphatic carbocycles. The van der Waals surface area contributed by atoms with Crippen molar-refractivity contribution >= 4 is 541 Å². The van der Waals surface area contributed by atoms with E-state index < -0.39 is 0 Å². The maximum atomic E-state index is 1.76. The highest BCUT2D eigenvalue weighted by Gasteiger charge is 2.04. The molecule has 0 saturated heterocycles. The monoisotopic (exact) mass is 1890 g/mol. The molecule has 0 N–H and O–H groups in total. The van der Waals surface area contributed by atoms with E-state index in [0.29, 0.717) is 0 Å². The van der Waals surface area contributed by atoms with Gasteiger partial charge in [0.15, 0.2) is 0 Å². The van der Waals surface area contributed by atoms with Gasteiger partial charge in [0.1, 0.15) is 0 Å². The molecule has 0 aromatic carbocycles. The van der Waals surface area contributed by atoms with Crippen LogP contribution in [-0.2, 0) is 0 Å². The van der Waals surface area contributed by atoms with Crippen molar-refractivity contribution in [3.05, 3.63) is 0 Å². The third kappa shape index (κ3) is 75.7. The first-order valence-corrected chi connectivity index (χ1v) is 283. The molecule has 0 aliphatic rings. The number of rotatable bonds is 60. The molecule has 0 amide bonds. The smallest absolute Gasteiger partial charge is 0.00934 e. The van der Waals surface area contributed by atoms with E-state index in [9.17, 15) is 0 Å². The molecule has 0 aromatic rings. The lowest BCUT2D eigenvalue weighted by Crippen LogP contribution is -2.38. The summed E-state index contributed by atoms with van der Waals surface area (Å²) in [5.74, 6) is 0. The van der Waals surface area contributed by atoms with Gasteiger partial charge in [0.25, 0.3) is 0 Å². The van der Waals surface area contributed by atoms with Crippen LogP contribution in [0.5, 0.6) is 0 Å². The van der Waals surface area contributed by atoms with Gasteiger partial charge in [0.2, 0.25) is 0 Å². The fourth-order valence-corrected chi connectivity index (χ4v) is 2570. The predicted molar refractivity (Wildman–Crippen MR) is 541 cm³/mol. The summed E-state index contributed by atoms with van der Waals surface area (Å²) in [7, 11) is 60.5. The fraction of sp³-hybridized carbons (Fsp3) is 0. The van der Waals surface area contributed by atoms with E-state index in [1.54, 1.807) is 19.5 Å². The summed E-state index contributed by atoms with van der Waals surface area (Å²) in [5.41, 5.74) is 0. The van der Waals surface area contributed by atoms with Crippen molar-refractivity contribution in [2.24, 2.45) is 0 Å². The van der Waals surface area contributed by atoms with Gasteiger partial charge in [-0.3, -0.25) is 0 Å². The van der Waals surface area contributed by atoms with Crippen molar-refractivity contribution in [2.45, 2.75) is 0 Å². The Bertz CT molecular complexity index is 664. The molecule has 0 rings (SSSR count). The molecule has 0 unspecified atom stereocenters. The van der Waals surface area contributed by atoms with Crippen LogP contribution in [0.1, 0.15) is 0 Å². The van der Waals surface area contributed by atoms with Crippen LogP contribution in [0.4, 0.5) is 0 Å². The average Bonchev–Trinajstić information content (AvgIpc) is 3.29. The maximum Gasteiger partial charge on any atom is -0.00934 e. The number of hydrogen-bond acceptors (Lipinski definition) is 0. The summed E-state index contributed by atoms with van der Waals surface area (Å²) in [4.78, 5) is 0. The van der Waals surface area contributed by atoms with Gasteiger partial charge in [-0.15, -0.1) is 0 Å². The third-order valence-electron chi connectivity index (χ3n) is 15.2. The largest absolute Gasteiger partial charge is 0.0120 e. The number of hydrogen-bond donors (Lipinski definition) is 0. The van der Waals surface area contributed by atoms with E-state index in [0.717, 1.165) is 522 Å². The minimum absolute atomic E-state index is 0.819. The summed E-state index contributed by atoms with van der Waals surface area (Å²) >= 11 is 0. The van der Waals surface area contributed by atoms with Gasteiger partial charge >= 0.3 is 0 Å². The van der Waals surface area contributed by atoms with Crippen LogP contribution in [0.15, 0.2) is 0 Å². The van der Waals surface area contributed by atoms with E-state index in [-0.39, 0.29) is 0 Å². The zero-order chi connectivity index (χ0) is 45.1. The average molecular weight is 1900 g/mol. The van der Waals surface area contributed by atoms with Gasteiger partial charge in [-0.05, 0) is 541 Å². The van der Waals surface area contributed by atoms with E-state index in [2.05, 4.69) is 0 Å². The molecule has 63 heavy (non-hydrogen) atoms. The Morgan fingerprint density at radius 3 is 0.175 bits per heavy atom. The van der Waals surface area contributed by atoms with Gasteiger partial charge < -0.3 is 0 Å². The Hall–Kier alpha value is 13.7. The lowest BCUT2D eigenvalue weighted by molar-refractivity contribution is 3.76. The van der Waals surface area contributed by atoms with Gasteiger partial charge in [-0.1, -0.05) is 0 Å². The van der Waals surface area contributed by atoms with Crippen molar-refractivity contribution in [3.8, 4) is 0 Å². The second-order valence-electron chi connectivity index (χ2n) is 21.9. The highest BCUT2D eigenvalue weighted by molar-refractivity contribution is 7.81. The lowest BCUT2D eigenvalue weighted by atomic mass is 26.1. The van der Waals surface area contributed by atoms with E-state index in [1.165, 1.54) is 0 Å². The standard InChI is InChI=1S/H128Si63/c1-3-5-7-9-11-13-15-17-19-21-23-25-27-29-31-33-35-37-39-41-43-45-47-49-51-53-55-57-59-61-63-62-60-58-56-54-52-50-48-46-44-42-40-38-36-34-32-30-28-26-24-22-20-18-16-14-12-10-8-6-4-2/h3-63H2,1-2H3. The zero-order valence-corrected chi connectivity index (χ0v) is 135. The van der Waals surface area contributed by atoms with Crippen LogP contribution < -0.4 is 0 Å². The highest BCUT2D eigenvalue weighted by atomic mass is 30.1. The van der Waals surface area contributed by atoms with E-state index in [1.807, 2.05) is 0 Å². The summed E-state index contributed by atoms with van der Waals surface area (Å²) in [6.45, 7) is 0. The first-order chi connectivity index (χ1) is 31.4. The van der Waals surface area contributed by atoms with Crippen molar-refractivity contribution in [3.63, 3.8) is 0 Å². The van der Waals surface area contributed by atoms with E-state index >= 15 is 0 Å². The Labute approximate surface area is 531 Å². The normalized spacial score (nSPS) is 23.4. The maximum absolute atomic E-state index is 1.76. The molecule has 380 valence electrons. The molecule has 0 bridgehead atoms. The quantitative estimate of drug-likeness (QED) is 0.0421. The molecule has 0 atom stereocenters. The first kappa shape index (κ1) is 76.7. The predicted octanol–water partition coefficient (Wildman–Crippen LogP) is -58.3. The minimum Gasteiger partial charge on any atom is -0.0120 e. The third-order valence-corrected chi connectivity index (χ3v) is 1230. The Balaban J connectivity index is 3.06. The molecule has 0 radical (unpaired) electrons. The summed E-state index contributed by atoms with van der Waals surface area (Å²) in [5, 5.41) is 0. The van der Waals surface area contributed by atoms with Gasteiger partial charge in [-0.2, -0.15) is 0 Å². The van der Waals surface area contributed by atoms with Crippen molar-refractivity contribution in [2.75, 3.05) is 0 Å². The van der Waals surface area contributed by atoms with Gasteiger partial charge in [0, 0.05) is 0 Å². The molecule has 0 saturated carbocycles. The molecular formula is H128Si63.